The molecule has 3 N–H and O–H groups in total. The minimum atomic E-state index is -0.637. The van der Waals surface area contributed by atoms with Gasteiger partial charge in [-0.2, -0.15) is 5.26 Å². The monoisotopic (exact) mass is 282 g/mol. The van der Waals surface area contributed by atoms with Gasteiger partial charge in [-0.3, -0.25) is 9.69 Å². The first kappa shape index (κ1) is 17.9. The third-order valence-electron chi connectivity index (χ3n) is 2.19. The van der Waals surface area contributed by atoms with Gasteiger partial charge in [0, 0.05) is 25.8 Å². The third kappa shape index (κ3) is 6.75. The molecule has 7 heteroatoms. The fraction of sp³-hybridized carbons (Fsp3) is 0.615. The summed E-state index contributed by atoms with van der Waals surface area (Å²) < 4.78 is 4.83. The van der Waals surface area contributed by atoms with Crippen LogP contribution in [0.2, 0.25) is 0 Å². The second kappa shape index (κ2) is 9.81. The molecule has 0 unspecified atom stereocenters. The van der Waals surface area contributed by atoms with E-state index in [0.717, 1.165) is 4.90 Å². The van der Waals surface area contributed by atoms with Gasteiger partial charge >= 0.3 is 6.09 Å². The van der Waals surface area contributed by atoms with Crippen molar-refractivity contribution >= 4 is 12.0 Å². The number of nitrogens with zero attached hydrogens (tertiary/aromatic N) is 2. The van der Waals surface area contributed by atoms with Crippen molar-refractivity contribution in [3.05, 3.63) is 11.8 Å². The van der Waals surface area contributed by atoms with Crippen molar-refractivity contribution in [2.75, 3.05) is 26.2 Å². The number of rotatable bonds is 7. The maximum absolute atomic E-state index is 11.8. The van der Waals surface area contributed by atoms with Gasteiger partial charge in [-0.15, -0.1) is 0 Å². The van der Waals surface area contributed by atoms with Crippen molar-refractivity contribution in [2.45, 2.75) is 20.8 Å². The summed E-state index contributed by atoms with van der Waals surface area (Å²) in [4.78, 5) is 24.5. The minimum Gasteiger partial charge on any atom is -0.449 e. The van der Waals surface area contributed by atoms with E-state index in [2.05, 4.69) is 5.32 Å². The number of nitrogens with one attached hydrogen (secondary N) is 1. The van der Waals surface area contributed by atoms with Crippen LogP contribution in [0.15, 0.2) is 11.8 Å². The zero-order chi connectivity index (χ0) is 15.5. The average molecular weight is 282 g/mol. The molecule has 2 amide bonds. The molecule has 0 bridgehead atoms. The Morgan fingerprint density at radius 3 is 2.60 bits per heavy atom. The van der Waals surface area contributed by atoms with Gasteiger partial charge in [0.1, 0.15) is 11.6 Å². The van der Waals surface area contributed by atoms with Crippen molar-refractivity contribution in [1.82, 2.24) is 10.2 Å². The Kier molecular flexibility index (Phi) is 8.79. The van der Waals surface area contributed by atoms with Crippen molar-refractivity contribution in [1.29, 1.82) is 5.26 Å². The molecule has 0 radical (unpaired) electrons. The Labute approximate surface area is 119 Å². The zero-order valence-corrected chi connectivity index (χ0v) is 12.2. The highest BCUT2D eigenvalue weighted by Crippen LogP contribution is 2.01. The van der Waals surface area contributed by atoms with Crippen LogP contribution in [0.5, 0.6) is 0 Å². The highest BCUT2D eigenvalue weighted by molar-refractivity contribution is 5.97. The minimum absolute atomic E-state index is 0.160. The number of ether oxygens (including phenoxy) is 1. The lowest BCUT2D eigenvalue weighted by Crippen LogP contribution is -2.34. The van der Waals surface area contributed by atoms with E-state index in [9.17, 15) is 9.59 Å². The molecule has 0 saturated heterocycles. The van der Waals surface area contributed by atoms with E-state index >= 15 is 0 Å². The molecule has 0 aliphatic heterocycles. The number of hydrogen-bond acceptors (Lipinski definition) is 5. The largest absolute Gasteiger partial charge is 0.449 e. The predicted molar refractivity (Wildman–Crippen MR) is 74.3 cm³/mol. The van der Waals surface area contributed by atoms with Crippen LogP contribution < -0.4 is 11.1 Å². The third-order valence-corrected chi connectivity index (χ3v) is 2.19. The van der Waals surface area contributed by atoms with Crippen LogP contribution in [0.4, 0.5) is 4.79 Å². The Balaban J connectivity index is 4.91. The number of nitriles is 1. The molecule has 0 saturated carbocycles. The van der Waals surface area contributed by atoms with Gasteiger partial charge in [-0.1, -0.05) is 13.8 Å². The highest BCUT2D eigenvalue weighted by Gasteiger charge is 2.16. The van der Waals surface area contributed by atoms with E-state index < -0.39 is 12.0 Å². The summed E-state index contributed by atoms with van der Waals surface area (Å²) in [5.41, 5.74) is 5.23. The summed E-state index contributed by atoms with van der Waals surface area (Å²) in [6.45, 7) is 6.57. The van der Waals surface area contributed by atoms with Crippen LogP contribution in [-0.2, 0) is 9.53 Å². The normalized spacial score (nSPS) is 10.9. The fourth-order valence-corrected chi connectivity index (χ4v) is 1.24. The van der Waals surface area contributed by atoms with Crippen LogP contribution >= 0.6 is 0 Å². The van der Waals surface area contributed by atoms with Crippen molar-refractivity contribution in [3.63, 3.8) is 0 Å². The first-order valence-electron chi connectivity index (χ1n) is 6.49. The van der Waals surface area contributed by atoms with Crippen molar-refractivity contribution < 1.29 is 14.3 Å². The van der Waals surface area contributed by atoms with Gasteiger partial charge < -0.3 is 15.8 Å². The molecule has 20 heavy (non-hydrogen) atoms. The topological polar surface area (TPSA) is 108 Å². The van der Waals surface area contributed by atoms with E-state index in [-0.39, 0.29) is 31.2 Å². The molecule has 0 fully saturated rings. The molecule has 0 atom stereocenters. The van der Waals surface area contributed by atoms with Gasteiger partial charge in [0.05, 0.1) is 6.61 Å². The summed E-state index contributed by atoms with van der Waals surface area (Å²) in [5, 5.41) is 11.6. The fourth-order valence-electron chi connectivity index (χ4n) is 1.24. The summed E-state index contributed by atoms with van der Waals surface area (Å²) in [6, 6.07) is 1.77. The predicted octanol–water partition coefficient (Wildman–Crippen LogP) is 0.583. The summed E-state index contributed by atoms with van der Waals surface area (Å²) >= 11 is 0. The van der Waals surface area contributed by atoms with Gasteiger partial charge in [0.2, 0.25) is 0 Å². The molecule has 0 rings (SSSR count). The van der Waals surface area contributed by atoms with Crippen molar-refractivity contribution in [3.8, 4) is 6.07 Å². The lowest BCUT2D eigenvalue weighted by Gasteiger charge is -2.17. The number of nitrogens with two attached hydrogens (primary N) is 1. The quantitative estimate of drug-likeness (QED) is 0.524. The van der Waals surface area contributed by atoms with E-state index in [1.54, 1.807) is 13.0 Å². The van der Waals surface area contributed by atoms with Gasteiger partial charge in [0.15, 0.2) is 0 Å². The average Bonchev–Trinajstić information content (AvgIpc) is 2.40. The number of carbonyl (C=O) groups is 2. The van der Waals surface area contributed by atoms with Gasteiger partial charge in [-0.25, -0.2) is 4.79 Å². The van der Waals surface area contributed by atoms with E-state index in [1.165, 1.54) is 6.20 Å². The molecule has 0 aromatic rings. The SMILES string of the molecule is CCOC(=O)N(/C=C(/C#N)C(=O)NCC(C)C)CCN. The number of carbonyl (C=O) groups excluding carboxylic acids is 2. The van der Waals surface area contributed by atoms with E-state index in [0.29, 0.717) is 6.54 Å². The second-order valence-corrected chi connectivity index (χ2v) is 4.44. The first-order valence-corrected chi connectivity index (χ1v) is 6.49. The molecular formula is C13H22N4O3. The smallest absolute Gasteiger partial charge is 0.413 e. The highest BCUT2D eigenvalue weighted by atomic mass is 16.6. The van der Waals surface area contributed by atoms with E-state index in [4.69, 9.17) is 15.7 Å². The van der Waals surface area contributed by atoms with Gasteiger partial charge in [0.25, 0.3) is 5.91 Å². The standard InChI is InChI=1S/C13H22N4O3/c1-4-20-13(19)17(6-5-14)9-11(7-15)12(18)16-8-10(2)3/h9-10H,4-6,8,14H2,1-3H3,(H,16,18)/b11-9-. The molecular weight excluding hydrogens is 260 g/mol. The Bertz CT molecular complexity index is 399. The lowest BCUT2D eigenvalue weighted by molar-refractivity contribution is -0.117. The van der Waals surface area contributed by atoms with Crippen LogP contribution in [-0.4, -0.2) is 43.1 Å². The first-order chi connectivity index (χ1) is 9.46. The number of amides is 2. The maximum Gasteiger partial charge on any atom is 0.413 e. The lowest BCUT2D eigenvalue weighted by atomic mass is 10.2. The Hall–Kier alpha value is -2.07. The molecule has 0 aliphatic rings. The molecule has 0 aromatic heterocycles. The molecule has 7 nitrogen and oxygen atoms in total. The number of hydrogen-bond donors (Lipinski definition) is 2. The van der Waals surface area contributed by atoms with E-state index in [1.807, 2.05) is 13.8 Å². The molecule has 0 spiro atoms. The molecule has 112 valence electrons. The molecule has 0 heterocycles. The zero-order valence-electron chi connectivity index (χ0n) is 12.2. The molecule has 0 aliphatic carbocycles. The molecule has 0 aromatic carbocycles. The van der Waals surface area contributed by atoms with Crippen molar-refractivity contribution in [2.24, 2.45) is 11.7 Å². The summed E-state index contributed by atoms with van der Waals surface area (Å²) in [7, 11) is 0. The van der Waals surface area contributed by atoms with Crippen LogP contribution in [0, 0.1) is 17.2 Å². The summed E-state index contributed by atoms with van der Waals surface area (Å²) in [5.74, 6) is -0.253. The maximum atomic E-state index is 11.8. The van der Waals surface area contributed by atoms with Crippen LogP contribution in [0.25, 0.3) is 0 Å². The van der Waals surface area contributed by atoms with Crippen LogP contribution in [0.1, 0.15) is 20.8 Å². The summed E-state index contributed by atoms with van der Waals surface area (Å²) in [6.07, 6.45) is 0.530. The Morgan fingerprint density at radius 2 is 2.15 bits per heavy atom. The van der Waals surface area contributed by atoms with Gasteiger partial charge in [-0.05, 0) is 12.8 Å². The van der Waals surface area contributed by atoms with Crippen LogP contribution in [0.3, 0.4) is 0 Å². The Morgan fingerprint density at radius 1 is 1.50 bits per heavy atom. The second-order valence-electron chi connectivity index (χ2n) is 4.44.